The van der Waals surface area contributed by atoms with Crippen LogP contribution in [0.15, 0.2) is 24.3 Å². The standard InChI is InChI=1S/C19H21F3N2O/c1-19(2,25)13-8-16(12(9-23)10-3-4-10)24-18(17(13)22)11-5-6-14(20)15(21)7-11/h5-8,10,12,25H,3-4,9,23H2,1-2H3. The van der Waals surface area contributed by atoms with Gasteiger partial charge in [-0.3, -0.25) is 0 Å². The Morgan fingerprint density at radius 3 is 2.40 bits per heavy atom. The number of halogens is 3. The summed E-state index contributed by atoms with van der Waals surface area (Å²) in [6.45, 7) is 3.30. The van der Waals surface area contributed by atoms with Crippen molar-refractivity contribution in [2.75, 3.05) is 6.54 Å². The van der Waals surface area contributed by atoms with Crippen LogP contribution in [0.4, 0.5) is 13.2 Å². The fraction of sp³-hybridized carbons (Fsp3) is 0.421. The quantitative estimate of drug-likeness (QED) is 0.861. The van der Waals surface area contributed by atoms with E-state index >= 15 is 0 Å². The van der Waals surface area contributed by atoms with Gasteiger partial charge in [-0.25, -0.2) is 18.2 Å². The molecule has 0 spiro atoms. The molecule has 6 heteroatoms. The third-order valence-electron chi connectivity index (χ3n) is 4.65. The summed E-state index contributed by atoms with van der Waals surface area (Å²) < 4.78 is 41.8. The van der Waals surface area contributed by atoms with Gasteiger partial charge in [0.05, 0.1) is 5.60 Å². The van der Waals surface area contributed by atoms with Gasteiger partial charge in [-0.1, -0.05) is 0 Å². The summed E-state index contributed by atoms with van der Waals surface area (Å²) in [6.07, 6.45) is 2.05. The maximum Gasteiger partial charge on any atom is 0.159 e. The second-order valence-corrected chi connectivity index (χ2v) is 7.12. The SMILES string of the molecule is CC(C)(O)c1cc(C(CN)C2CC2)nc(-c2ccc(F)c(F)c2)c1F. The van der Waals surface area contributed by atoms with E-state index in [-0.39, 0.29) is 22.7 Å². The topological polar surface area (TPSA) is 59.1 Å². The van der Waals surface area contributed by atoms with Gasteiger partial charge in [0.25, 0.3) is 0 Å². The van der Waals surface area contributed by atoms with Crippen molar-refractivity contribution in [3.63, 3.8) is 0 Å². The summed E-state index contributed by atoms with van der Waals surface area (Å²) >= 11 is 0. The van der Waals surface area contributed by atoms with Crippen molar-refractivity contribution in [1.82, 2.24) is 4.98 Å². The van der Waals surface area contributed by atoms with Gasteiger partial charge in [-0.05, 0) is 56.9 Å². The molecule has 1 atom stereocenters. The van der Waals surface area contributed by atoms with Crippen LogP contribution in [-0.4, -0.2) is 16.6 Å². The van der Waals surface area contributed by atoms with Crippen molar-refractivity contribution in [3.05, 3.63) is 53.0 Å². The summed E-state index contributed by atoms with van der Waals surface area (Å²) in [6, 6.07) is 4.65. The first-order valence-electron chi connectivity index (χ1n) is 8.31. The molecule has 1 aromatic carbocycles. The maximum absolute atomic E-state index is 15.0. The van der Waals surface area contributed by atoms with E-state index in [0.717, 1.165) is 25.0 Å². The molecule has 0 amide bonds. The van der Waals surface area contributed by atoms with E-state index in [2.05, 4.69) is 4.98 Å². The van der Waals surface area contributed by atoms with Gasteiger partial charge in [0, 0.05) is 29.3 Å². The third-order valence-corrected chi connectivity index (χ3v) is 4.65. The monoisotopic (exact) mass is 350 g/mol. The molecule has 25 heavy (non-hydrogen) atoms. The Labute approximate surface area is 144 Å². The van der Waals surface area contributed by atoms with Crippen LogP contribution in [0.1, 0.15) is 43.9 Å². The molecule has 3 N–H and O–H groups in total. The molecule has 1 aliphatic rings. The van der Waals surface area contributed by atoms with Gasteiger partial charge in [0.2, 0.25) is 0 Å². The Balaban J connectivity index is 2.20. The molecule has 1 aromatic heterocycles. The fourth-order valence-corrected chi connectivity index (χ4v) is 3.07. The normalized spacial score (nSPS) is 16.1. The van der Waals surface area contributed by atoms with Crippen molar-refractivity contribution in [2.45, 2.75) is 38.2 Å². The Morgan fingerprint density at radius 2 is 1.88 bits per heavy atom. The van der Waals surface area contributed by atoms with Crippen LogP contribution in [-0.2, 0) is 5.60 Å². The Hall–Kier alpha value is -1.92. The number of hydrogen-bond donors (Lipinski definition) is 2. The van der Waals surface area contributed by atoms with Gasteiger partial charge in [0.1, 0.15) is 5.69 Å². The van der Waals surface area contributed by atoms with Gasteiger partial charge in [0.15, 0.2) is 17.5 Å². The lowest BCUT2D eigenvalue weighted by molar-refractivity contribution is 0.0743. The molecule has 3 rings (SSSR count). The zero-order valence-corrected chi connectivity index (χ0v) is 14.2. The lowest BCUT2D eigenvalue weighted by atomic mass is 9.91. The zero-order valence-electron chi connectivity index (χ0n) is 14.2. The molecule has 1 saturated carbocycles. The second-order valence-electron chi connectivity index (χ2n) is 7.12. The molecule has 0 saturated heterocycles. The highest BCUT2D eigenvalue weighted by Crippen LogP contribution is 2.43. The number of aliphatic hydroxyl groups is 1. The van der Waals surface area contributed by atoms with Gasteiger partial charge < -0.3 is 10.8 Å². The van der Waals surface area contributed by atoms with Crippen LogP contribution in [0.5, 0.6) is 0 Å². The average molecular weight is 350 g/mol. The molecule has 1 unspecified atom stereocenters. The number of hydrogen-bond acceptors (Lipinski definition) is 3. The molecule has 134 valence electrons. The first kappa shape index (κ1) is 17.9. The van der Waals surface area contributed by atoms with Crippen LogP contribution >= 0.6 is 0 Å². The lowest BCUT2D eigenvalue weighted by Crippen LogP contribution is -2.22. The van der Waals surface area contributed by atoms with Gasteiger partial charge in [-0.15, -0.1) is 0 Å². The summed E-state index contributed by atoms with van der Waals surface area (Å²) in [5.41, 5.74) is 5.08. The highest BCUT2D eigenvalue weighted by Gasteiger charge is 2.34. The largest absolute Gasteiger partial charge is 0.386 e. The maximum atomic E-state index is 15.0. The number of aromatic nitrogens is 1. The number of rotatable bonds is 5. The van der Waals surface area contributed by atoms with Crippen LogP contribution < -0.4 is 5.73 Å². The van der Waals surface area contributed by atoms with Crippen LogP contribution in [0.3, 0.4) is 0 Å². The summed E-state index contributed by atoms with van der Waals surface area (Å²) in [4.78, 5) is 4.36. The van der Waals surface area contributed by atoms with E-state index in [1.165, 1.54) is 26.0 Å². The molecule has 1 aliphatic carbocycles. The minimum Gasteiger partial charge on any atom is -0.386 e. The van der Waals surface area contributed by atoms with Crippen molar-refractivity contribution in [2.24, 2.45) is 11.7 Å². The smallest absolute Gasteiger partial charge is 0.159 e. The molecule has 1 heterocycles. The van der Waals surface area contributed by atoms with Crippen molar-refractivity contribution < 1.29 is 18.3 Å². The first-order chi connectivity index (χ1) is 11.7. The predicted octanol–water partition coefficient (Wildman–Crippen LogP) is 3.85. The van der Waals surface area contributed by atoms with Crippen molar-refractivity contribution in [1.29, 1.82) is 0 Å². The molecular formula is C19H21F3N2O. The second kappa shape index (κ2) is 6.42. The molecule has 0 bridgehead atoms. The third kappa shape index (κ3) is 3.55. The molecule has 2 aromatic rings. The van der Waals surface area contributed by atoms with Crippen molar-refractivity contribution >= 4 is 0 Å². The zero-order chi connectivity index (χ0) is 18.4. The number of nitrogens with zero attached hydrogens (tertiary/aromatic N) is 1. The van der Waals surface area contributed by atoms with E-state index in [1.807, 2.05) is 0 Å². The van der Waals surface area contributed by atoms with E-state index < -0.39 is 23.1 Å². The number of nitrogens with two attached hydrogens (primary N) is 1. The lowest BCUT2D eigenvalue weighted by Gasteiger charge is -2.23. The number of pyridine rings is 1. The average Bonchev–Trinajstić information content (AvgIpc) is 3.36. The van der Waals surface area contributed by atoms with Crippen molar-refractivity contribution in [3.8, 4) is 11.3 Å². The minimum absolute atomic E-state index is 0.0502. The number of benzene rings is 1. The fourth-order valence-electron chi connectivity index (χ4n) is 3.07. The molecule has 0 radical (unpaired) electrons. The van der Waals surface area contributed by atoms with Crippen LogP contribution in [0, 0.1) is 23.4 Å². The first-order valence-corrected chi connectivity index (χ1v) is 8.31. The van der Waals surface area contributed by atoms with Crippen LogP contribution in [0.25, 0.3) is 11.3 Å². The molecular weight excluding hydrogens is 329 g/mol. The van der Waals surface area contributed by atoms with Crippen LogP contribution in [0.2, 0.25) is 0 Å². The summed E-state index contributed by atoms with van der Waals surface area (Å²) in [5.74, 6) is -2.50. The summed E-state index contributed by atoms with van der Waals surface area (Å²) in [7, 11) is 0. The van der Waals surface area contributed by atoms with E-state index in [0.29, 0.717) is 18.2 Å². The van der Waals surface area contributed by atoms with E-state index in [4.69, 9.17) is 5.73 Å². The highest BCUT2D eigenvalue weighted by molar-refractivity contribution is 5.62. The van der Waals surface area contributed by atoms with Gasteiger partial charge in [-0.2, -0.15) is 0 Å². The predicted molar refractivity (Wildman–Crippen MR) is 89.3 cm³/mol. The Kier molecular flexibility index (Phi) is 4.60. The van der Waals surface area contributed by atoms with E-state index in [1.54, 1.807) is 0 Å². The van der Waals surface area contributed by atoms with Gasteiger partial charge >= 0.3 is 0 Å². The molecule has 3 nitrogen and oxygen atoms in total. The minimum atomic E-state index is -1.45. The molecule has 0 aliphatic heterocycles. The Bertz CT molecular complexity index is 798. The summed E-state index contributed by atoms with van der Waals surface area (Å²) in [5, 5.41) is 10.3. The van der Waals surface area contributed by atoms with E-state index in [9.17, 15) is 18.3 Å². The highest BCUT2D eigenvalue weighted by atomic mass is 19.2. The molecule has 1 fully saturated rings. The Morgan fingerprint density at radius 1 is 1.20 bits per heavy atom.